The first-order valence-electron chi connectivity index (χ1n) is 48.1. The lowest BCUT2D eigenvalue weighted by atomic mass is 9.89. The van der Waals surface area contributed by atoms with E-state index in [9.17, 15) is 73.5 Å². The molecular weight excluding hydrogens is 1910 g/mol. The number of nitrogens with two attached hydrogens (primary N) is 5. The molecule has 38 nitrogen and oxygen atoms in total. The number of primary amides is 5. The number of carbonyl (C=O) groups is 10. The number of benzene rings is 7. The molecule has 5 aliphatic heterocycles. The third kappa shape index (κ3) is 20.6. The maximum absolute atomic E-state index is 12.4. The van der Waals surface area contributed by atoms with Gasteiger partial charge in [-0.15, -0.1) is 0 Å². The van der Waals surface area contributed by atoms with Gasteiger partial charge >= 0.3 is 0 Å². The number of fused-ring (bicyclic) bond motifs is 5. The van der Waals surface area contributed by atoms with Crippen LogP contribution >= 0.6 is 0 Å². The van der Waals surface area contributed by atoms with Gasteiger partial charge in [0.1, 0.15) is 23.0 Å². The molecule has 0 radical (unpaired) electrons. The minimum Gasteiger partial charge on any atom is -0.387 e. The van der Waals surface area contributed by atoms with E-state index < -0.39 is 87.1 Å². The van der Waals surface area contributed by atoms with E-state index in [1.165, 1.54) is 41.6 Å². The number of hydrogen-bond acceptors (Lipinski definition) is 23. The number of aryl methyl sites for hydroxylation is 2. The van der Waals surface area contributed by atoms with Crippen LogP contribution in [-0.2, 0) is 36.8 Å². The highest BCUT2D eigenvalue weighted by Crippen LogP contribution is 2.38. The van der Waals surface area contributed by atoms with Gasteiger partial charge in [-0.25, -0.2) is 23.4 Å². The van der Waals surface area contributed by atoms with Gasteiger partial charge in [-0.2, -0.15) is 25.5 Å². The minimum atomic E-state index is -2.14. The van der Waals surface area contributed by atoms with Crippen LogP contribution in [0.3, 0.4) is 0 Å². The van der Waals surface area contributed by atoms with E-state index in [-0.39, 0.29) is 59.8 Å². The number of nitrogens with zero attached hydrogens (tertiary/aromatic N) is 18. The average molecular weight is 2010 g/mol. The van der Waals surface area contributed by atoms with Gasteiger partial charge < -0.3 is 78.7 Å². The summed E-state index contributed by atoms with van der Waals surface area (Å²) in [5.41, 5.74) is 34.1. The summed E-state index contributed by atoms with van der Waals surface area (Å²) in [6.45, 7) is 9.61. The van der Waals surface area contributed by atoms with Gasteiger partial charge in [0.25, 0.3) is 47.3 Å². The highest BCUT2D eigenvalue weighted by Gasteiger charge is 2.52. The number of aliphatic hydroxyl groups is 5. The molecule has 15 aromatic rings. The van der Waals surface area contributed by atoms with Crippen molar-refractivity contribution in [3.05, 3.63) is 280 Å². The number of likely N-dealkylation sites (N-methyl/N-ethyl adjacent to an activating group) is 3. The first-order valence-corrected chi connectivity index (χ1v) is 48.1. The lowest BCUT2D eigenvalue weighted by molar-refractivity contribution is -0.141. The van der Waals surface area contributed by atoms with Gasteiger partial charge in [-0.1, -0.05) is 127 Å². The summed E-state index contributed by atoms with van der Waals surface area (Å²) in [5.74, 6) is 24.8. The van der Waals surface area contributed by atoms with E-state index in [1.54, 1.807) is 164 Å². The highest BCUT2D eigenvalue weighted by molar-refractivity contribution is 6.09. The van der Waals surface area contributed by atoms with Gasteiger partial charge in [-0.3, -0.25) is 62.9 Å². The summed E-state index contributed by atoms with van der Waals surface area (Å²) < 4.78 is 8.21. The Balaban J connectivity index is 0.000000128. The van der Waals surface area contributed by atoms with E-state index >= 15 is 0 Å². The van der Waals surface area contributed by atoms with Crippen LogP contribution in [0.15, 0.2) is 207 Å². The second-order valence-corrected chi connectivity index (χ2v) is 38.1. The summed E-state index contributed by atoms with van der Waals surface area (Å²) in [5, 5.41) is 76.7. The van der Waals surface area contributed by atoms with Gasteiger partial charge in [-0.05, 0) is 198 Å². The van der Waals surface area contributed by atoms with Crippen molar-refractivity contribution in [2.75, 3.05) is 68.0 Å². The van der Waals surface area contributed by atoms with Crippen molar-refractivity contribution in [1.82, 2.24) is 88.4 Å². The second kappa shape index (κ2) is 41.6. The fourth-order valence-electron chi connectivity index (χ4n) is 18.4. The van der Waals surface area contributed by atoms with E-state index in [2.05, 4.69) is 107 Å². The molecule has 21 rings (SSSR count). The molecule has 6 fully saturated rings. The predicted molar refractivity (Wildman–Crippen MR) is 556 cm³/mol. The smallest absolute Gasteiger partial charge is 0.269 e. The fraction of sp³-hybridized carbons (Fsp3) is 0.268. The second-order valence-electron chi connectivity index (χ2n) is 38.1. The summed E-state index contributed by atoms with van der Waals surface area (Å²) in [7, 11) is 8.23. The molecule has 5 saturated heterocycles. The number of carbonyl (C=O) groups excluding carboxylic acids is 10. The largest absolute Gasteiger partial charge is 0.387 e. The number of amides is 10. The van der Waals surface area contributed by atoms with Crippen LogP contribution in [0.4, 0.5) is 0 Å². The van der Waals surface area contributed by atoms with Crippen LogP contribution in [-0.4, -0.2) is 270 Å². The molecule has 1 saturated carbocycles. The number of rotatable bonds is 14. The molecule has 6 aliphatic rings. The molecule has 7 aromatic carbocycles. The lowest BCUT2D eigenvalue weighted by Crippen LogP contribution is -2.44. The molecule has 7 atom stereocenters. The van der Waals surface area contributed by atoms with Crippen LogP contribution in [0, 0.1) is 82.9 Å². The summed E-state index contributed by atoms with van der Waals surface area (Å²) in [4.78, 5) is 141. The molecular formula is C112H105N23O15. The number of β-amino-alcohol motifs (C(OH)–C–C–N with tert-alkyl or cyclic N) is 2. The Morgan fingerprint density at radius 1 is 0.373 bits per heavy atom. The van der Waals surface area contributed by atoms with E-state index in [4.69, 9.17) is 28.7 Å². The first-order chi connectivity index (χ1) is 71.6. The fourth-order valence-corrected chi connectivity index (χ4v) is 18.4. The normalized spacial score (nSPS) is 20.0. The van der Waals surface area contributed by atoms with Crippen LogP contribution in [0.2, 0.25) is 0 Å². The number of para-hydroxylation sites is 2. The van der Waals surface area contributed by atoms with Crippen molar-refractivity contribution < 1.29 is 73.5 Å². The van der Waals surface area contributed by atoms with Crippen LogP contribution < -0.4 is 28.7 Å². The van der Waals surface area contributed by atoms with Crippen molar-refractivity contribution in [3.8, 4) is 87.6 Å². The van der Waals surface area contributed by atoms with Gasteiger partial charge in [0.05, 0.1) is 96.7 Å². The zero-order chi connectivity index (χ0) is 107. The average Bonchev–Trinajstić information content (AvgIpc) is 1.60. The molecule has 0 unspecified atom stereocenters. The molecule has 8 aromatic heterocycles. The Morgan fingerprint density at radius 3 is 1.07 bits per heavy atom. The Bertz CT molecular complexity index is 8260. The SMILES string of the molecule is CCCc1nccc2c1c(C(N)=O)nn2-c1cccc(C#C[C@]2(C)CCN(C)C2=O)c1.CN1CC[C@@](C)(C#Cc2cccc(-n3nc(C(N)=O)c4c(CC5CC5)nccc43)c2)C1=O.CN1C[C@@H](O)[C@](O)(C#Cc2cccc(-n3nc(C(N)=O)c4ccccc43)c2)C1=O.CN1C[C@H](O)[C@](O)(C#Cc2cccc(-n3nc(C(N)=O)c4ccccc43)c2)C1=O.Cc1cc2c(cn1)c(C(N)=O)nn2-c1cccc(C#C[C@]2(O)CCN(C)C2=O)c1. The maximum atomic E-state index is 12.4. The monoisotopic (exact) mass is 2010 g/mol. The molecule has 0 spiro atoms. The van der Waals surface area contributed by atoms with E-state index in [0.717, 1.165) is 88.2 Å². The summed E-state index contributed by atoms with van der Waals surface area (Å²) in [6.07, 6.45) is 9.03. The molecule has 1 aliphatic carbocycles. The van der Waals surface area contributed by atoms with Crippen molar-refractivity contribution in [1.29, 1.82) is 0 Å². The molecule has 10 amide bonds. The molecule has 758 valence electrons. The quantitative estimate of drug-likeness (QED) is 0.0539. The Kier molecular flexibility index (Phi) is 28.6. The van der Waals surface area contributed by atoms with Gasteiger partial charge in [0.15, 0.2) is 28.5 Å². The van der Waals surface area contributed by atoms with E-state index in [1.807, 2.05) is 118 Å². The molecule has 150 heavy (non-hydrogen) atoms. The number of aromatic nitrogens is 13. The van der Waals surface area contributed by atoms with Crippen molar-refractivity contribution in [3.63, 3.8) is 0 Å². The number of pyridine rings is 3. The van der Waals surface area contributed by atoms with Crippen LogP contribution in [0.5, 0.6) is 0 Å². The highest BCUT2D eigenvalue weighted by atomic mass is 16.4. The zero-order valence-corrected chi connectivity index (χ0v) is 83.3. The van der Waals surface area contributed by atoms with Crippen molar-refractivity contribution >= 4 is 114 Å². The third-order valence-electron chi connectivity index (χ3n) is 26.9. The molecule has 13 heterocycles. The summed E-state index contributed by atoms with van der Waals surface area (Å²) in [6, 6.07) is 56.2. The number of likely N-dealkylation sites (tertiary alicyclic amines) is 5. The Labute approximate surface area is 859 Å². The zero-order valence-electron chi connectivity index (χ0n) is 83.3. The number of hydrogen-bond donors (Lipinski definition) is 10. The van der Waals surface area contributed by atoms with Gasteiger partial charge in [0.2, 0.25) is 28.6 Å². The number of aliphatic hydroxyl groups excluding tert-OH is 2. The van der Waals surface area contributed by atoms with Crippen LogP contribution in [0.1, 0.15) is 157 Å². The maximum Gasteiger partial charge on any atom is 0.269 e. The van der Waals surface area contributed by atoms with Gasteiger partial charge in [0, 0.05) is 124 Å². The Hall–Kier alpha value is -18.4. The summed E-state index contributed by atoms with van der Waals surface area (Å²) >= 11 is 0. The third-order valence-corrected chi connectivity index (χ3v) is 26.9. The van der Waals surface area contributed by atoms with Crippen molar-refractivity contribution in [2.24, 2.45) is 45.4 Å². The van der Waals surface area contributed by atoms with Crippen LogP contribution in [0.25, 0.3) is 83.0 Å². The molecule has 0 bridgehead atoms. The molecule has 15 N–H and O–H groups in total. The lowest BCUT2D eigenvalue weighted by Gasteiger charge is -2.16. The molecule has 38 heteroatoms. The predicted octanol–water partition coefficient (Wildman–Crippen LogP) is 6.24. The minimum absolute atomic E-state index is 0.0131. The Morgan fingerprint density at radius 2 is 0.713 bits per heavy atom. The first kappa shape index (κ1) is 103. The van der Waals surface area contributed by atoms with E-state index in [0.29, 0.717) is 97.3 Å². The topological polar surface area (TPSA) is 546 Å². The standard InChI is InChI=1S/C25H25N5O2.C24H25N5O2.C21H19N5O3.2C21H18N4O4/c1-25(11-13-29(2)24(25)32)10-8-16-4-3-5-18(14-16)30-20-9-12-27-19(15-17-6-7-17)21(20)22(28-30)23(26)31;1-4-6-18-20-19(10-13-26-18)29(27-21(20)22(25)30)17-8-5-7-16(15-17)9-11-24(2)12-14-28(3)23(24)31;1-13-10-17-16(12-23-13)18(19(22)27)24-26(17)15-5-3-4-14(11-15)6-7-21(29)8-9-25(2)20(21)28;2*1-24-12-17(26)21(29,20(24)28)10-9-13-5-4-6-14(11-13)25-16-8-3-2-7-15(16)18(23-25)19(22)27/h3-5,9,12,14,17H,6-7,11,13,15H2,1-2H3,(H2,26,31);5,7-8,10,13,15H,4,6,12,14H2,1-3H3,(H2,25,30);3-5,10-12,29H,8-9H2,1-2H3,(H2,22,27);2*2-8,11,17,26,29H,12H2,1H3,(H2,22,27)/t25-;24-;21-;17-,21+;17-,21-/m11001/s1. The van der Waals surface area contributed by atoms with Crippen molar-refractivity contribution in [2.45, 2.75) is 108 Å².